The van der Waals surface area contributed by atoms with Gasteiger partial charge >= 0.3 is 5.97 Å². The van der Waals surface area contributed by atoms with E-state index in [2.05, 4.69) is 5.10 Å². The Hall–Kier alpha value is -2.70. The SMILES string of the molecule is CCc1cn(-c2ccc(OC)c(F)c2)nc(C(=O)O)c1=O. The molecule has 0 radical (unpaired) electrons. The van der Waals surface area contributed by atoms with Crippen molar-refractivity contribution in [1.82, 2.24) is 9.78 Å². The third-order valence-corrected chi connectivity index (χ3v) is 2.98. The summed E-state index contributed by atoms with van der Waals surface area (Å²) in [7, 11) is 1.34. The van der Waals surface area contributed by atoms with E-state index in [4.69, 9.17) is 9.84 Å². The lowest BCUT2D eigenvalue weighted by Crippen LogP contribution is -2.24. The number of benzene rings is 1. The number of halogens is 1. The van der Waals surface area contributed by atoms with E-state index in [-0.39, 0.29) is 5.75 Å². The van der Waals surface area contributed by atoms with E-state index in [1.54, 1.807) is 6.92 Å². The van der Waals surface area contributed by atoms with Crippen LogP contribution in [0.25, 0.3) is 5.69 Å². The Balaban J connectivity index is 2.64. The summed E-state index contributed by atoms with van der Waals surface area (Å²) in [6.07, 6.45) is 1.75. The van der Waals surface area contributed by atoms with Crippen LogP contribution in [0.5, 0.6) is 5.75 Å². The Labute approximate surface area is 119 Å². The first-order valence-corrected chi connectivity index (χ1v) is 6.18. The van der Waals surface area contributed by atoms with Gasteiger partial charge < -0.3 is 9.84 Å². The number of hydrogen-bond acceptors (Lipinski definition) is 4. The van der Waals surface area contributed by atoms with E-state index < -0.39 is 22.9 Å². The maximum atomic E-state index is 13.7. The summed E-state index contributed by atoms with van der Waals surface area (Å²) < 4.78 is 19.7. The number of methoxy groups -OCH3 is 1. The summed E-state index contributed by atoms with van der Waals surface area (Å²) >= 11 is 0. The van der Waals surface area contributed by atoms with Crippen LogP contribution in [-0.4, -0.2) is 28.0 Å². The van der Waals surface area contributed by atoms with Gasteiger partial charge in [0.1, 0.15) is 0 Å². The molecule has 1 heterocycles. The van der Waals surface area contributed by atoms with Crippen molar-refractivity contribution in [3.63, 3.8) is 0 Å². The Morgan fingerprint density at radius 1 is 1.48 bits per heavy atom. The van der Waals surface area contributed by atoms with Crippen molar-refractivity contribution < 1.29 is 19.0 Å². The second kappa shape index (κ2) is 5.74. The predicted molar refractivity (Wildman–Crippen MR) is 72.7 cm³/mol. The maximum Gasteiger partial charge on any atom is 0.360 e. The number of carbonyl (C=O) groups is 1. The molecule has 0 saturated carbocycles. The molecule has 0 fully saturated rings. The molecule has 1 aromatic heterocycles. The molecule has 0 unspecified atom stereocenters. The zero-order chi connectivity index (χ0) is 15.6. The van der Waals surface area contributed by atoms with Gasteiger partial charge in [0.25, 0.3) is 0 Å². The number of hydrogen-bond donors (Lipinski definition) is 1. The Bertz CT molecular complexity index is 755. The highest BCUT2D eigenvalue weighted by molar-refractivity contribution is 5.85. The van der Waals surface area contributed by atoms with Gasteiger partial charge in [0.2, 0.25) is 11.1 Å². The zero-order valence-electron chi connectivity index (χ0n) is 11.5. The Morgan fingerprint density at radius 2 is 2.19 bits per heavy atom. The normalized spacial score (nSPS) is 10.4. The van der Waals surface area contributed by atoms with Gasteiger partial charge in [-0.05, 0) is 18.6 Å². The van der Waals surface area contributed by atoms with Gasteiger partial charge in [-0.25, -0.2) is 13.9 Å². The lowest BCUT2D eigenvalue weighted by Gasteiger charge is -2.10. The molecule has 110 valence electrons. The topological polar surface area (TPSA) is 81.4 Å². The first kappa shape index (κ1) is 14.7. The molecule has 2 aromatic rings. The van der Waals surface area contributed by atoms with Crippen molar-refractivity contribution in [2.24, 2.45) is 0 Å². The van der Waals surface area contributed by atoms with Crippen molar-refractivity contribution in [2.75, 3.05) is 7.11 Å². The minimum absolute atomic E-state index is 0.0639. The van der Waals surface area contributed by atoms with E-state index in [0.717, 1.165) is 6.07 Å². The van der Waals surface area contributed by atoms with Crippen molar-refractivity contribution in [3.8, 4) is 11.4 Å². The number of ether oxygens (including phenoxy) is 1. The van der Waals surface area contributed by atoms with Crippen LogP contribution in [-0.2, 0) is 6.42 Å². The monoisotopic (exact) mass is 292 g/mol. The number of carboxylic acids is 1. The molecule has 2 rings (SSSR count). The molecule has 0 amide bonds. The number of rotatable bonds is 4. The Kier molecular flexibility index (Phi) is 4.02. The fourth-order valence-corrected chi connectivity index (χ4v) is 1.86. The molecule has 0 bridgehead atoms. The summed E-state index contributed by atoms with van der Waals surface area (Å²) in [6, 6.07) is 4.07. The molecule has 1 aromatic carbocycles. The molecule has 6 nitrogen and oxygen atoms in total. The van der Waals surface area contributed by atoms with Crippen LogP contribution in [0.4, 0.5) is 4.39 Å². The van der Waals surface area contributed by atoms with Gasteiger partial charge in [-0.15, -0.1) is 0 Å². The van der Waals surface area contributed by atoms with Gasteiger partial charge in [0, 0.05) is 17.8 Å². The molecule has 0 saturated heterocycles. The average Bonchev–Trinajstić information content (AvgIpc) is 2.47. The number of aromatic carboxylic acids is 1. The molecule has 1 N–H and O–H groups in total. The zero-order valence-corrected chi connectivity index (χ0v) is 11.5. The fourth-order valence-electron chi connectivity index (χ4n) is 1.86. The van der Waals surface area contributed by atoms with E-state index in [0.29, 0.717) is 17.7 Å². The molecular weight excluding hydrogens is 279 g/mol. The van der Waals surface area contributed by atoms with Crippen molar-refractivity contribution in [1.29, 1.82) is 0 Å². The summed E-state index contributed by atoms with van der Waals surface area (Å²) in [5.41, 5.74) is -0.634. The van der Waals surface area contributed by atoms with E-state index >= 15 is 0 Å². The van der Waals surface area contributed by atoms with Crippen LogP contribution in [0, 0.1) is 5.82 Å². The van der Waals surface area contributed by atoms with Crippen LogP contribution in [0.3, 0.4) is 0 Å². The molecule has 0 spiro atoms. The van der Waals surface area contributed by atoms with Crippen molar-refractivity contribution in [3.05, 3.63) is 51.7 Å². The van der Waals surface area contributed by atoms with Crippen molar-refractivity contribution >= 4 is 5.97 Å². The highest BCUT2D eigenvalue weighted by Crippen LogP contribution is 2.19. The number of aromatic nitrogens is 2. The molecule has 0 aliphatic rings. The van der Waals surface area contributed by atoms with Gasteiger partial charge in [0.05, 0.1) is 12.8 Å². The van der Waals surface area contributed by atoms with Crippen LogP contribution < -0.4 is 10.2 Å². The number of nitrogens with zero attached hydrogens (tertiary/aromatic N) is 2. The summed E-state index contributed by atoms with van der Waals surface area (Å²) in [4.78, 5) is 22.9. The first-order valence-electron chi connectivity index (χ1n) is 6.18. The van der Waals surface area contributed by atoms with Gasteiger partial charge in [-0.2, -0.15) is 5.10 Å². The van der Waals surface area contributed by atoms with Gasteiger partial charge in [-0.1, -0.05) is 6.92 Å². The predicted octanol–water partition coefficient (Wildman–Crippen LogP) is 1.64. The second-order valence-electron chi connectivity index (χ2n) is 4.25. The quantitative estimate of drug-likeness (QED) is 0.926. The molecule has 7 heteroatoms. The lowest BCUT2D eigenvalue weighted by molar-refractivity contribution is 0.0686. The van der Waals surface area contributed by atoms with Crippen LogP contribution in [0.2, 0.25) is 0 Å². The molecule has 21 heavy (non-hydrogen) atoms. The number of aryl methyl sites for hydroxylation is 1. The fraction of sp³-hybridized carbons (Fsp3) is 0.214. The third-order valence-electron chi connectivity index (χ3n) is 2.98. The van der Waals surface area contributed by atoms with Crippen molar-refractivity contribution in [2.45, 2.75) is 13.3 Å². The molecule has 0 aliphatic heterocycles. The third kappa shape index (κ3) is 2.76. The average molecular weight is 292 g/mol. The van der Waals surface area contributed by atoms with Crippen LogP contribution in [0.15, 0.2) is 29.2 Å². The molecule has 0 atom stereocenters. The number of carboxylic acid groups (broad SMARTS) is 1. The Morgan fingerprint density at radius 3 is 2.71 bits per heavy atom. The minimum Gasteiger partial charge on any atom is -0.494 e. The standard InChI is InChI=1S/C14H13FN2O4/c1-3-8-7-17(16-12(13(8)18)14(19)20)9-4-5-11(21-2)10(15)6-9/h4-7H,3H2,1-2H3,(H,19,20). The maximum absolute atomic E-state index is 13.7. The summed E-state index contributed by atoms with van der Waals surface area (Å²) in [5, 5.41) is 12.8. The van der Waals surface area contributed by atoms with E-state index in [9.17, 15) is 14.0 Å². The highest BCUT2D eigenvalue weighted by atomic mass is 19.1. The van der Waals surface area contributed by atoms with E-state index in [1.807, 2.05) is 0 Å². The van der Waals surface area contributed by atoms with Gasteiger partial charge in [0.15, 0.2) is 11.6 Å². The minimum atomic E-state index is -1.42. The largest absolute Gasteiger partial charge is 0.494 e. The van der Waals surface area contributed by atoms with Gasteiger partial charge in [-0.3, -0.25) is 4.79 Å². The van der Waals surface area contributed by atoms with Crippen LogP contribution >= 0.6 is 0 Å². The van der Waals surface area contributed by atoms with E-state index in [1.165, 1.54) is 30.1 Å². The summed E-state index contributed by atoms with van der Waals surface area (Å²) in [5.74, 6) is -1.96. The highest BCUT2D eigenvalue weighted by Gasteiger charge is 2.16. The smallest absolute Gasteiger partial charge is 0.360 e. The molecule has 0 aliphatic carbocycles. The second-order valence-corrected chi connectivity index (χ2v) is 4.25. The van der Waals surface area contributed by atoms with Crippen LogP contribution in [0.1, 0.15) is 23.0 Å². The summed E-state index contributed by atoms with van der Waals surface area (Å²) in [6.45, 7) is 1.72. The molecular formula is C14H13FN2O4. The lowest BCUT2D eigenvalue weighted by atomic mass is 10.2. The first-order chi connectivity index (χ1) is 9.97.